The summed E-state index contributed by atoms with van der Waals surface area (Å²) in [6.07, 6.45) is 1.58. The third-order valence-corrected chi connectivity index (χ3v) is 3.15. The molecule has 0 aromatic carbocycles. The van der Waals surface area contributed by atoms with Crippen LogP contribution < -0.4 is 10.6 Å². The summed E-state index contributed by atoms with van der Waals surface area (Å²) in [5, 5.41) is 14.4. The zero-order chi connectivity index (χ0) is 12.4. The molecule has 16 heavy (non-hydrogen) atoms. The van der Waals surface area contributed by atoms with Gasteiger partial charge in [-0.15, -0.1) is 0 Å². The van der Waals surface area contributed by atoms with Gasteiger partial charge in [-0.3, -0.25) is 0 Å². The van der Waals surface area contributed by atoms with E-state index in [1.165, 1.54) is 0 Å². The van der Waals surface area contributed by atoms with Crippen LogP contribution in [0.25, 0.3) is 0 Å². The molecule has 0 spiro atoms. The first-order chi connectivity index (χ1) is 7.60. The fraction of sp³-hybridized carbons (Fsp3) is 0.909. The van der Waals surface area contributed by atoms with Gasteiger partial charge in [-0.25, -0.2) is 4.79 Å². The molecule has 0 saturated carbocycles. The van der Waals surface area contributed by atoms with Crippen molar-refractivity contribution in [2.75, 3.05) is 18.1 Å². The van der Waals surface area contributed by atoms with E-state index in [1.54, 1.807) is 0 Å². The molecule has 0 saturated heterocycles. The zero-order valence-electron chi connectivity index (χ0n) is 10.5. The lowest BCUT2D eigenvalue weighted by Gasteiger charge is -2.17. The van der Waals surface area contributed by atoms with Crippen molar-refractivity contribution in [1.29, 1.82) is 0 Å². The number of carbonyl (C=O) groups excluding carboxylic acids is 1. The third kappa shape index (κ3) is 8.85. The molecule has 0 aromatic heterocycles. The average Bonchev–Trinajstić information content (AvgIpc) is 2.17. The van der Waals surface area contributed by atoms with Gasteiger partial charge in [-0.1, -0.05) is 6.92 Å². The molecule has 1 unspecified atom stereocenters. The Balaban J connectivity index is 3.61. The number of thioether (sulfide) groups is 1. The van der Waals surface area contributed by atoms with Gasteiger partial charge in [0.1, 0.15) is 0 Å². The van der Waals surface area contributed by atoms with Gasteiger partial charge in [0, 0.05) is 18.7 Å². The van der Waals surface area contributed by atoms with Crippen molar-refractivity contribution < 1.29 is 9.90 Å². The predicted molar refractivity (Wildman–Crippen MR) is 69.9 cm³/mol. The van der Waals surface area contributed by atoms with Crippen LogP contribution in [0.5, 0.6) is 0 Å². The van der Waals surface area contributed by atoms with Gasteiger partial charge in [0.05, 0.1) is 0 Å². The summed E-state index contributed by atoms with van der Waals surface area (Å²) in [5.74, 6) is 2.19. The summed E-state index contributed by atoms with van der Waals surface area (Å²) >= 11 is 1.88. The Bertz CT molecular complexity index is 191. The predicted octanol–water partition coefficient (Wildman–Crippen LogP) is 1.59. The van der Waals surface area contributed by atoms with E-state index in [9.17, 15) is 4.79 Å². The largest absolute Gasteiger partial charge is 0.396 e. The molecule has 0 aliphatic carbocycles. The highest BCUT2D eigenvalue weighted by molar-refractivity contribution is 7.99. The maximum absolute atomic E-state index is 11.5. The van der Waals surface area contributed by atoms with Crippen LogP contribution >= 0.6 is 11.8 Å². The topological polar surface area (TPSA) is 61.4 Å². The number of rotatable bonds is 8. The minimum atomic E-state index is -0.144. The fourth-order valence-corrected chi connectivity index (χ4v) is 2.04. The van der Waals surface area contributed by atoms with E-state index in [0.29, 0.717) is 6.42 Å². The second-order valence-electron chi connectivity index (χ2n) is 3.92. The monoisotopic (exact) mass is 248 g/mol. The molecule has 2 amide bonds. The molecule has 0 aliphatic rings. The van der Waals surface area contributed by atoms with Gasteiger partial charge in [0.15, 0.2) is 0 Å². The number of hydrogen-bond acceptors (Lipinski definition) is 3. The molecule has 0 heterocycles. The van der Waals surface area contributed by atoms with Crippen molar-refractivity contribution in [1.82, 2.24) is 10.6 Å². The Labute approximate surface area is 103 Å². The molecule has 4 nitrogen and oxygen atoms in total. The van der Waals surface area contributed by atoms with E-state index in [2.05, 4.69) is 17.6 Å². The van der Waals surface area contributed by atoms with E-state index in [0.717, 1.165) is 17.9 Å². The molecule has 0 aromatic rings. The molecule has 5 heteroatoms. The van der Waals surface area contributed by atoms with Gasteiger partial charge in [0.25, 0.3) is 0 Å². The van der Waals surface area contributed by atoms with Crippen LogP contribution in [-0.2, 0) is 0 Å². The van der Waals surface area contributed by atoms with Crippen LogP contribution in [0.15, 0.2) is 0 Å². The Morgan fingerprint density at radius 1 is 1.25 bits per heavy atom. The van der Waals surface area contributed by atoms with E-state index in [4.69, 9.17) is 5.11 Å². The van der Waals surface area contributed by atoms with Gasteiger partial charge in [-0.05, 0) is 38.2 Å². The first-order valence-corrected chi connectivity index (χ1v) is 7.01. The van der Waals surface area contributed by atoms with Crippen molar-refractivity contribution in [3.63, 3.8) is 0 Å². The lowest BCUT2D eigenvalue weighted by molar-refractivity contribution is 0.228. The van der Waals surface area contributed by atoms with Crippen molar-refractivity contribution in [2.24, 2.45) is 0 Å². The number of aliphatic hydroxyl groups excluding tert-OH is 1. The molecule has 3 N–H and O–H groups in total. The number of aliphatic hydroxyl groups is 1. The molecule has 96 valence electrons. The van der Waals surface area contributed by atoms with Crippen LogP contribution in [0.3, 0.4) is 0 Å². The van der Waals surface area contributed by atoms with Crippen LogP contribution in [0.4, 0.5) is 4.79 Å². The molecule has 0 bridgehead atoms. The van der Waals surface area contributed by atoms with E-state index in [-0.39, 0.29) is 24.7 Å². The lowest BCUT2D eigenvalue weighted by Crippen LogP contribution is -2.44. The van der Waals surface area contributed by atoms with Gasteiger partial charge in [-0.2, -0.15) is 11.8 Å². The molecule has 0 fully saturated rings. The van der Waals surface area contributed by atoms with Crippen molar-refractivity contribution in [2.45, 2.75) is 45.7 Å². The molecular weight excluding hydrogens is 224 g/mol. The molecule has 0 aliphatic heterocycles. The van der Waals surface area contributed by atoms with Gasteiger partial charge >= 0.3 is 6.03 Å². The first kappa shape index (κ1) is 15.6. The highest BCUT2D eigenvalue weighted by Gasteiger charge is 2.09. The fourth-order valence-electron chi connectivity index (χ4n) is 1.23. The zero-order valence-corrected chi connectivity index (χ0v) is 11.3. The first-order valence-electron chi connectivity index (χ1n) is 5.85. The molecule has 0 radical (unpaired) electrons. The van der Waals surface area contributed by atoms with Crippen LogP contribution in [-0.4, -0.2) is 41.3 Å². The Morgan fingerprint density at radius 3 is 2.31 bits per heavy atom. The number of carbonyl (C=O) groups is 1. The SMILES string of the molecule is CCSCCC(C)NC(=O)N[C@H](C)CCO. The Hall–Kier alpha value is -0.420. The van der Waals surface area contributed by atoms with Crippen LogP contribution in [0, 0.1) is 0 Å². The van der Waals surface area contributed by atoms with Gasteiger partial charge in [0.2, 0.25) is 0 Å². The summed E-state index contributed by atoms with van der Waals surface area (Å²) < 4.78 is 0. The van der Waals surface area contributed by atoms with Crippen LogP contribution in [0.1, 0.15) is 33.6 Å². The second kappa shape index (κ2) is 9.78. The van der Waals surface area contributed by atoms with Crippen molar-refractivity contribution in [3.8, 4) is 0 Å². The van der Waals surface area contributed by atoms with Gasteiger partial charge < -0.3 is 15.7 Å². The Morgan fingerprint density at radius 2 is 1.81 bits per heavy atom. The molecular formula is C11H24N2O2S. The van der Waals surface area contributed by atoms with Crippen LogP contribution in [0.2, 0.25) is 0 Å². The minimum absolute atomic E-state index is 0.0159. The summed E-state index contributed by atoms with van der Waals surface area (Å²) in [4.78, 5) is 11.5. The number of urea groups is 1. The van der Waals surface area contributed by atoms with Crippen molar-refractivity contribution in [3.05, 3.63) is 0 Å². The maximum Gasteiger partial charge on any atom is 0.315 e. The standard InChI is InChI=1S/C11H24N2O2S/c1-4-16-8-6-10(3)13-11(15)12-9(2)5-7-14/h9-10,14H,4-8H2,1-3H3,(H2,12,13,15)/t9-,10?/m1/s1. The average molecular weight is 248 g/mol. The number of nitrogens with one attached hydrogen (secondary N) is 2. The summed E-state index contributed by atoms with van der Waals surface area (Å²) in [6.45, 7) is 6.12. The summed E-state index contributed by atoms with van der Waals surface area (Å²) in [6, 6.07) is 0.0672. The number of amides is 2. The van der Waals surface area contributed by atoms with E-state index < -0.39 is 0 Å². The molecule has 0 rings (SSSR count). The smallest absolute Gasteiger partial charge is 0.315 e. The quantitative estimate of drug-likeness (QED) is 0.572. The third-order valence-electron chi connectivity index (χ3n) is 2.22. The highest BCUT2D eigenvalue weighted by atomic mass is 32.2. The normalized spacial score (nSPS) is 14.2. The maximum atomic E-state index is 11.5. The lowest BCUT2D eigenvalue weighted by atomic mass is 10.2. The minimum Gasteiger partial charge on any atom is -0.396 e. The Kier molecular flexibility index (Phi) is 9.52. The molecule has 2 atom stereocenters. The van der Waals surface area contributed by atoms with E-state index in [1.807, 2.05) is 25.6 Å². The number of hydrogen-bond donors (Lipinski definition) is 3. The van der Waals surface area contributed by atoms with E-state index >= 15 is 0 Å². The highest BCUT2D eigenvalue weighted by Crippen LogP contribution is 2.03. The van der Waals surface area contributed by atoms with Crippen molar-refractivity contribution >= 4 is 17.8 Å². The second-order valence-corrected chi connectivity index (χ2v) is 5.31. The summed E-state index contributed by atoms with van der Waals surface area (Å²) in [5.41, 5.74) is 0. The summed E-state index contributed by atoms with van der Waals surface area (Å²) in [7, 11) is 0.